The van der Waals surface area contributed by atoms with Gasteiger partial charge in [-0.1, -0.05) is 20.8 Å². The maximum atomic E-state index is 11.7. The van der Waals surface area contributed by atoms with Gasteiger partial charge in [-0.15, -0.1) is 0 Å². The highest BCUT2D eigenvalue weighted by Crippen LogP contribution is 2.22. The Balaban J connectivity index is 4.95. The van der Waals surface area contributed by atoms with Crippen molar-refractivity contribution >= 4 is 16.0 Å². The summed E-state index contributed by atoms with van der Waals surface area (Å²) in [7, 11) is -3.92. The van der Waals surface area contributed by atoms with Crippen LogP contribution in [0.25, 0.3) is 0 Å². The molecular weight excluding hydrogens is 246 g/mol. The van der Waals surface area contributed by atoms with E-state index < -0.39 is 32.7 Å². The van der Waals surface area contributed by atoms with Gasteiger partial charge in [0.15, 0.2) is 5.25 Å². The molecule has 7 heteroatoms. The monoisotopic (exact) mass is 267 g/mol. The van der Waals surface area contributed by atoms with E-state index in [1.54, 1.807) is 0 Å². The van der Waals surface area contributed by atoms with Gasteiger partial charge in [-0.2, -0.15) is 0 Å². The maximum absolute atomic E-state index is 11.7. The molecule has 102 valence electrons. The normalized spacial score (nSPS) is 16.5. The lowest BCUT2D eigenvalue weighted by Gasteiger charge is -2.31. The molecule has 0 aromatic heterocycles. The zero-order valence-corrected chi connectivity index (χ0v) is 11.4. The summed E-state index contributed by atoms with van der Waals surface area (Å²) in [5, 5.41) is 16.1. The molecule has 0 aromatic rings. The second-order valence-corrected chi connectivity index (χ2v) is 7.11. The maximum Gasteiger partial charge on any atom is 0.323 e. The first-order valence-electron chi connectivity index (χ1n) is 5.37. The lowest BCUT2D eigenvalue weighted by molar-refractivity contribution is -0.136. The molecule has 0 amide bonds. The number of aliphatic hydroxyl groups is 1. The number of nitrogens with one attached hydrogen (secondary N) is 1. The average Bonchev–Trinajstić information content (AvgIpc) is 2.14. The minimum atomic E-state index is -3.92. The highest BCUT2D eigenvalue weighted by molar-refractivity contribution is 7.90. The summed E-state index contributed by atoms with van der Waals surface area (Å²) >= 11 is 0. The first-order chi connectivity index (χ1) is 7.52. The van der Waals surface area contributed by atoms with Gasteiger partial charge in [0.05, 0.1) is 0 Å². The molecule has 6 nitrogen and oxygen atoms in total. The van der Waals surface area contributed by atoms with Gasteiger partial charge in [0.25, 0.3) is 0 Å². The van der Waals surface area contributed by atoms with Gasteiger partial charge >= 0.3 is 5.97 Å². The van der Waals surface area contributed by atoms with Crippen LogP contribution >= 0.6 is 0 Å². The fourth-order valence-corrected chi connectivity index (χ4v) is 2.57. The summed E-state index contributed by atoms with van der Waals surface area (Å²) in [6, 6.07) is -0.501. The van der Waals surface area contributed by atoms with Crippen LogP contribution < -0.4 is 4.72 Å². The number of aliphatic hydroxyl groups excluding tert-OH is 1. The van der Waals surface area contributed by atoms with Gasteiger partial charge in [-0.3, -0.25) is 4.79 Å². The van der Waals surface area contributed by atoms with Crippen LogP contribution in [0.15, 0.2) is 0 Å². The molecule has 0 spiro atoms. The van der Waals surface area contributed by atoms with Crippen LogP contribution in [0.3, 0.4) is 0 Å². The van der Waals surface area contributed by atoms with Crippen LogP contribution in [-0.2, 0) is 14.8 Å². The highest BCUT2D eigenvalue weighted by Gasteiger charge is 2.34. The summed E-state index contributed by atoms with van der Waals surface area (Å²) in [4.78, 5) is 10.7. The Hall–Kier alpha value is -0.660. The van der Waals surface area contributed by atoms with Crippen molar-refractivity contribution in [2.24, 2.45) is 5.41 Å². The Morgan fingerprint density at radius 1 is 1.35 bits per heavy atom. The molecule has 0 aliphatic rings. The molecule has 0 heterocycles. The van der Waals surface area contributed by atoms with E-state index in [0.717, 1.165) is 6.92 Å². The molecule has 0 bridgehead atoms. The van der Waals surface area contributed by atoms with E-state index in [1.807, 2.05) is 20.8 Å². The van der Waals surface area contributed by atoms with Gasteiger partial charge in [0, 0.05) is 12.6 Å². The lowest BCUT2D eigenvalue weighted by atomic mass is 9.86. The first kappa shape index (κ1) is 16.3. The molecule has 0 aliphatic heterocycles. The third-order valence-corrected chi connectivity index (χ3v) is 4.33. The number of carboxylic acids is 1. The predicted octanol–water partition coefficient (Wildman–Crippen LogP) is 0.176. The molecule has 17 heavy (non-hydrogen) atoms. The number of rotatable bonds is 6. The first-order valence-corrected chi connectivity index (χ1v) is 6.92. The fraction of sp³-hybridized carbons (Fsp3) is 0.900. The number of sulfonamides is 1. The zero-order valence-electron chi connectivity index (χ0n) is 10.6. The molecule has 0 saturated carbocycles. The quantitative estimate of drug-likeness (QED) is 0.636. The van der Waals surface area contributed by atoms with Crippen molar-refractivity contribution < 1.29 is 23.4 Å². The van der Waals surface area contributed by atoms with Crippen molar-refractivity contribution in [2.75, 3.05) is 6.61 Å². The molecule has 2 atom stereocenters. The minimum Gasteiger partial charge on any atom is -0.480 e. The Bertz CT molecular complexity index is 357. The van der Waals surface area contributed by atoms with E-state index in [1.165, 1.54) is 0 Å². The SMILES string of the molecule is CC(C(=O)O)S(=O)(=O)NC(CCO)C(C)(C)C. The predicted molar refractivity (Wildman–Crippen MR) is 64.1 cm³/mol. The largest absolute Gasteiger partial charge is 0.480 e. The van der Waals surface area contributed by atoms with Crippen molar-refractivity contribution in [3.63, 3.8) is 0 Å². The molecule has 0 aliphatic carbocycles. The van der Waals surface area contributed by atoms with E-state index in [0.29, 0.717) is 0 Å². The van der Waals surface area contributed by atoms with Gasteiger partial charge in [-0.05, 0) is 18.8 Å². The molecule has 0 rings (SSSR count). The Kier molecular flexibility index (Phi) is 5.57. The molecule has 3 N–H and O–H groups in total. The molecule has 0 fully saturated rings. The smallest absolute Gasteiger partial charge is 0.323 e. The molecule has 0 radical (unpaired) electrons. The third kappa shape index (κ3) is 5.01. The third-order valence-electron chi connectivity index (χ3n) is 2.58. The molecule has 0 aromatic carbocycles. The summed E-state index contributed by atoms with van der Waals surface area (Å²) < 4.78 is 25.8. The zero-order chi connectivity index (χ0) is 13.9. The van der Waals surface area contributed by atoms with E-state index in [4.69, 9.17) is 10.2 Å². The number of hydrogen-bond donors (Lipinski definition) is 3. The topological polar surface area (TPSA) is 104 Å². The van der Waals surface area contributed by atoms with Crippen LogP contribution in [0.1, 0.15) is 34.1 Å². The fourth-order valence-electron chi connectivity index (χ4n) is 1.23. The Morgan fingerprint density at radius 2 is 1.82 bits per heavy atom. The second-order valence-electron chi connectivity index (χ2n) is 5.07. The van der Waals surface area contributed by atoms with Crippen LogP contribution in [0.5, 0.6) is 0 Å². The Morgan fingerprint density at radius 3 is 2.12 bits per heavy atom. The second kappa shape index (κ2) is 5.79. The number of aliphatic carboxylic acids is 1. The van der Waals surface area contributed by atoms with E-state index in [2.05, 4.69) is 4.72 Å². The highest BCUT2D eigenvalue weighted by atomic mass is 32.2. The van der Waals surface area contributed by atoms with Crippen LogP contribution in [0.2, 0.25) is 0 Å². The molecule has 2 unspecified atom stereocenters. The summed E-state index contributed by atoms with van der Waals surface area (Å²) in [5.74, 6) is -1.39. The van der Waals surface area contributed by atoms with Gasteiger partial charge < -0.3 is 10.2 Å². The van der Waals surface area contributed by atoms with Crippen LogP contribution in [-0.4, -0.2) is 42.5 Å². The van der Waals surface area contributed by atoms with Crippen LogP contribution in [0, 0.1) is 5.41 Å². The number of carboxylic acid groups (broad SMARTS) is 1. The number of hydrogen-bond acceptors (Lipinski definition) is 4. The van der Waals surface area contributed by atoms with Crippen molar-refractivity contribution in [1.29, 1.82) is 0 Å². The van der Waals surface area contributed by atoms with Gasteiger partial charge in [0.1, 0.15) is 0 Å². The molecular formula is C10H21NO5S. The van der Waals surface area contributed by atoms with E-state index >= 15 is 0 Å². The summed E-state index contributed by atoms with van der Waals surface area (Å²) in [5.41, 5.74) is -0.395. The van der Waals surface area contributed by atoms with Crippen molar-refractivity contribution in [3.8, 4) is 0 Å². The minimum absolute atomic E-state index is 0.161. The van der Waals surface area contributed by atoms with Crippen molar-refractivity contribution in [3.05, 3.63) is 0 Å². The number of carbonyl (C=O) groups is 1. The summed E-state index contributed by atoms with van der Waals surface area (Å²) in [6.07, 6.45) is 0.245. The Labute approximate surface area is 102 Å². The average molecular weight is 267 g/mol. The lowest BCUT2D eigenvalue weighted by Crippen LogP contribution is -2.48. The van der Waals surface area contributed by atoms with E-state index in [9.17, 15) is 13.2 Å². The van der Waals surface area contributed by atoms with Crippen molar-refractivity contribution in [2.45, 2.75) is 45.4 Å². The van der Waals surface area contributed by atoms with Gasteiger partial charge in [-0.25, -0.2) is 13.1 Å². The van der Waals surface area contributed by atoms with Gasteiger partial charge in [0.2, 0.25) is 10.0 Å². The van der Waals surface area contributed by atoms with E-state index in [-0.39, 0.29) is 13.0 Å². The standard InChI is InChI=1S/C10H21NO5S/c1-7(9(13)14)17(15,16)11-8(5-6-12)10(2,3)4/h7-8,11-12H,5-6H2,1-4H3,(H,13,14). The summed E-state index contributed by atoms with van der Waals surface area (Å²) in [6.45, 7) is 6.42. The molecule has 0 saturated heterocycles. The van der Waals surface area contributed by atoms with Crippen LogP contribution in [0.4, 0.5) is 0 Å². The van der Waals surface area contributed by atoms with Crippen molar-refractivity contribution in [1.82, 2.24) is 4.72 Å².